The highest BCUT2D eigenvalue weighted by Gasteiger charge is 2.82. The largest absolute Gasteiger partial charge is 0.411 e. The first-order valence-electron chi connectivity index (χ1n) is 5.70. The van der Waals surface area contributed by atoms with Crippen molar-refractivity contribution in [1.82, 2.24) is 0 Å². The monoisotopic (exact) mass is 253 g/mol. The fraction of sp³-hybridized carbons (Fsp3) is 0.909. The zero-order valence-corrected chi connectivity index (χ0v) is 9.26. The van der Waals surface area contributed by atoms with Crippen molar-refractivity contribution in [2.24, 2.45) is 52.5 Å². The highest BCUT2D eigenvalue weighted by Crippen LogP contribution is 2.82. The van der Waals surface area contributed by atoms with E-state index in [1.165, 1.54) is 12.1 Å². The minimum Gasteiger partial charge on any atom is -0.411 e. The van der Waals surface area contributed by atoms with Crippen molar-refractivity contribution in [3.05, 3.63) is 0 Å². The van der Waals surface area contributed by atoms with E-state index in [0.29, 0.717) is 11.8 Å². The molecule has 0 aromatic rings. The van der Waals surface area contributed by atoms with Gasteiger partial charge in [0.1, 0.15) is 0 Å². The lowest BCUT2D eigenvalue weighted by Crippen LogP contribution is -2.30. The van der Waals surface area contributed by atoms with Gasteiger partial charge in [-0.05, 0) is 41.9 Å². The Labute approximate surface area is 90.9 Å². The first-order valence-corrected chi connectivity index (χ1v) is 6.62. The molecule has 0 spiro atoms. The van der Waals surface area contributed by atoms with Gasteiger partial charge in [-0.3, -0.25) is 0 Å². The van der Waals surface area contributed by atoms with Crippen LogP contribution in [0.15, 0.2) is 5.16 Å². The average Bonchev–Trinajstić information content (AvgIpc) is 2.85. The highest BCUT2D eigenvalue weighted by molar-refractivity contribution is 9.09. The smallest absolute Gasteiger partial charge is 0.0644 e. The van der Waals surface area contributed by atoms with E-state index in [1.807, 2.05) is 0 Å². The summed E-state index contributed by atoms with van der Waals surface area (Å²) in [6, 6.07) is 0. The molecule has 9 atom stereocenters. The topological polar surface area (TPSA) is 32.6 Å². The molecule has 0 aromatic heterocycles. The van der Waals surface area contributed by atoms with Crippen LogP contribution in [0.2, 0.25) is 0 Å². The molecule has 6 bridgehead atoms. The van der Waals surface area contributed by atoms with E-state index in [2.05, 4.69) is 21.1 Å². The van der Waals surface area contributed by atoms with Crippen LogP contribution in [0.3, 0.4) is 0 Å². The normalized spacial score (nSPS) is 77.8. The third kappa shape index (κ3) is 0.427. The van der Waals surface area contributed by atoms with E-state index < -0.39 is 0 Å². The summed E-state index contributed by atoms with van der Waals surface area (Å²) in [5.41, 5.74) is 1.20. The van der Waals surface area contributed by atoms with Crippen molar-refractivity contribution in [1.29, 1.82) is 0 Å². The molecule has 6 aliphatic rings. The molecule has 0 aliphatic heterocycles. The van der Waals surface area contributed by atoms with E-state index in [0.717, 1.165) is 40.3 Å². The third-order valence-corrected chi connectivity index (χ3v) is 7.38. The van der Waals surface area contributed by atoms with Gasteiger partial charge in [-0.15, -0.1) is 0 Å². The fourth-order valence-corrected chi connectivity index (χ4v) is 7.79. The van der Waals surface area contributed by atoms with Crippen molar-refractivity contribution >= 4 is 21.6 Å². The Kier molecular flexibility index (Phi) is 0.940. The van der Waals surface area contributed by atoms with Gasteiger partial charge in [0.25, 0.3) is 0 Å². The quantitative estimate of drug-likeness (QED) is 0.400. The molecule has 6 fully saturated rings. The van der Waals surface area contributed by atoms with Crippen LogP contribution in [-0.4, -0.2) is 15.7 Å². The Bertz CT molecular complexity index is 379. The summed E-state index contributed by atoms with van der Waals surface area (Å²) in [5.74, 6) is 6.84. The second-order valence-corrected chi connectivity index (χ2v) is 6.95. The number of alkyl halides is 1. The van der Waals surface area contributed by atoms with E-state index >= 15 is 0 Å². The molecule has 0 radical (unpaired) electrons. The summed E-state index contributed by atoms with van der Waals surface area (Å²) in [5, 5.41) is 12.8. The Balaban J connectivity index is 1.85. The number of hydrogen-bond acceptors (Lipinski definition) is 2. The van der Waals surface area contributed by atoms with E-state index in [1.54, 1.807) is 0 Å². The lowest BCUT2D eigenvalue weighted by atomic mass is 9.71. The third-order valence-electron chi connectivity index (χ3n) is 6.16. The summed E-state index contributed by atoms with van der Waals surface area (Å²) < 4.78 is 0. The van der Waals surface area contributed by atoms with Crippen LogP contribution in [0.25, 0.3) is 0 Å². The molecule has 6 saturated carbocycles. The fourth-order valence-electron chi connectivity index (χ4n) is 6.36. The van der Waals surface area contributed by atoms with Crippen molar-refractivity contribution < 1.29 is 5.21 Å². The second-order valence-electron chi connectivity index (χ2n) is 5.89. The van der Waals surface area contributed by atoms with Crippen LogP contribution in [-0.2, 0) is 0 Å². The van der Waals surface area contributed by atoms with Gasteiger partial charge < -0.3 is 5.21 Å². The predicted molar refractivity (Wildman–Crippen MR) is 54.5 cm³/mol. The molecule has 3 heteroatoms. The molecular weight excluding hydrogens is 242 g/mol. The zero-order valence-electron chi connectivity index (χ0n) is 7.68. The van der Waals surface area contributed by atoms with Crippen LogP contribution in [0.1, 0.15) is 6.42 Å². The van der Waals surface area contributed by atoms with Crippen LogP contribution < -0.4 is 0 Å². The van der Waals surface area contributed by atoms with E-state index in [-0.39, 0.29) is 0 Å². The maximum absolute atomic E-state index is 9.14. The maximum Gasteiger partial charge on any atom is 0.0644 e. The first kappa shape index (κ1) is 7.26. The van der Waals surface area contributed by atoms with Crippen molar-refractivity contribution in [3.8, 4) is 0 Å². The molecule has 14 heavy (non-hydrogen) atoms. The Morgan fingerprint density at radius 1 is 1.07 bits per heavy atom. The molecular formula is C11H12BrNO. The molecule has 0 aromatic carbocycles. The summed E-state index contributed by atoms with van der Waals surface area (Å²) in [6.45, 7) is 0. The first-order chi connectivity index (χ1) is 6.84. The van der Waals surface area contributed by atoms with Gasteiger partial charge in [-0.2, -0.15) is 0 Å². The molecule has 0 unspecified atom stereocenters. The lowest BCUT2D eigenvalue weighted by Gasteiger charge is -2.32. The van der Waals surface area contributed by atoms with E-state index in [4.69, 9.17) is 5.21 Å². The number of nitrogens with zero attached hydrogens (tertiary/aromatic N) is 1. The van der Waals surface area contributed by atoms with Gasteiger partial charge in [0.15, 0.2) is 0 Å². The van der Waals surface area contributed by atoms with Crippen molar-refractivity contribution in [3.63, 3.8) is 0 Å². The maximum atomic E-state index is 9.14. The highest BCUT2D eigenvalue weighted by atomic mass is 79.9. The van der Waals surface area contributed by atoms with Gasteiger partial charge in [0.05, 0.1) is 5.71 Å². The number of oxime groups is 1. The van der Waals surface area contributed by atoms with Gasteiger partial charge in [0, 0.05) is 16.7 Å². The van der Waals surface area contributed by atoms with Crippen LogP contribution >= 0.6 is 15.9 Å². The minimum atomic E-state index is 0.674. The number of halogens is 1. The summed E-state index contributed by atoms with van der Waals surface area (Å²) >= 11 is 3.91. The number of rotatable bonds is 0. The standard InChI is InChI=1S/C11H12BrNO/c12-10-6-2-1-3-4(6)9-8(10)5(2)7(3)11(9)13-14/h2-10,14H,1H2/b13-11-/t2-,3-,4+,5-,6-,7+,8-,9+,10+/m1/s1. The SMILES string of the molecule is O/N=C1/[C@H]2[C@@H]3C[C@H]4[C@H]5[C@H](Br)[C@@H]([C@@H]1[C@@H]35)[C@H]42. The molecule has 0 amide bonds. The van der Waals surface area contributed by atoms with E-state index in [9.17, 15) is 0 Å². The van der Waals surface area contributed by atoms with Crippen molar-refractivity contribution in [2.45, 2.75) is 11.2 Å². The van der Waals surface area contributed by atoms with Gasteiger partial charge in [-0.25, -0.2) is 0 Å². The van der Waals surface area contributed by atoms with Gasteiger partial charge >= 0.3 is 0 Å². The minimum absolute atomic E-state index is 0.674. The molecule has 2 nitrogen and oxygen atoms in total. The summed E-state index contributed by atoms with van der Waals surface area (Å²) in [7, 11) is 0. The van der Waals surface area contributed by atoms with Crippen LogP contribution in [0.5, 0.6) is 0 Å². The molecule has 6 aliphatic carbocycles. The van der Waals surface area contributed by atoms with Gasteiger partial charge in [-0.1, -0.05) is 21.1 Å². The Morgan fingerprint density at radius 2 is 1.86 bits per heavy atom. The molecule has 0 saturated heterocycles. The summed E-state index contributed by atoms with van der Waals surface area (Å²) in [4.78, 5) is 0.752. The summed E-state index contributed by atoms with van der Waals surface area (Å²) in [6.07, 6.45) is 1.44. The molecule has 74 valence electrons. The predicted octanol–water partition coefficient (Wildman–Crippen LogP) is 1.97. The van der Waals surface area contributed by atoms with Crippen LogP contribution in [0, 0.1) is 47.3 Å². The van der Waals surface area contributed by atoms with Crippen LogP contribution in [0.4, 0.5) is 0 Å². The number of hydrogen-bond donors (Lipinski definition) is 1. The Morgan fingerprint density at radius 3 is 2.57 bits per heavy atom. The molecule has 0 heterocycles. The second kappa shape index (κ2) is 1.81. The molecule has 6 rings (SSSR count). The zero-order chi connectivity index (χ0) is 9.19. The molecule has 1 N–H and O–H groups in total. The van der Waals surface area contributed by atoms with Crippen molar-refractivity contribution in [2.75, 3.05) is 0 Å². The lowest BCUT2D eigenvalue weighted by molar-refractivity contribution is 0.132. The Hall–Kier alpha value is -0.0500. The average molecular weight is 254 g/mol. The van der Waals surface area contributed by atoms with Gasteiger partial charge in [0.2, 0.25) is 0 Å².